The molecule has 3 nitrogen and oxygen atoms in total. The maximum Gasteiger partial charge on any atom is 0.330 e. The smallest absolute Gasteiger partial charge is 0.330 e. The quantitative estimate of drug-likeness (QED) is 0.487. The molecule has 0 N–H and O–H groups in total. The molecule has 1 rings (SSSR count). The second-order valence-corrected chi connectivity index (χ2v) is 2.95. The molecule has 0 radical (unpaired) electrons. The van der Waals surface area contributed by atoms with Crippen LogP contribution in [-0.2, 0) is 14.3 Å². The molecule has 0 saturated heterocycles. The first-order valence-electron chi connectivity index (χ1n) is 4.23. The largest absolute Gasteiger partial charge is 0.459 e. The van der Waals surface area contributed by atoms with Crippen LogP contribution in [0, 0.1) is 0 Å². The molecular formula is C10H12O3. The first-order valence-corrected chi connectivity index (χ1v) is 4.23. The lowest BCUT2D eigenvalue weighted by atomic mass is 10.1. The first-order chi connectivity index (χ1) is 6.18. The third-order valence-corrected chi connectivity index (χ3v) is 1.69. The van der Waals surface area contributed by atoms with Crippen LogP contribution in [0.25, 0.3) is 0 Å². The molecule has 3 heteroatoms. The number of carbonyl (C=O) groups excluding carboxylic acids is 2. The summed E-state index contributed by atoms with van der Waals surface area (Å²) in [4.78, 5) is 21.3. The van der Waals surface area contributed by atoms with Crippen LogP contribution in [-0.4, -0.2) is 17.9 Å². The van der Waals surface area contributed by atoms with Crippen LogP contribution in [0.4, 0.5) is 0 Å². The van der Waals surface area contributed by atoms with E-state index in [1.165, 1.54) is 19.1 Å². The molecule has 1 aliphatic rings. The number of ether oxygens (including phenoxy) is 1. The summed E-state index contributed by atoms with van der Waals surface area (Å²) < 4.78 is 4.98. The number of hydrogen-bond acceptors (Lipinski definition) is 3. The Bertz CT molecular complexity index is 263. The second-order valence-electron chi connectivity index (χ2n) is 2.95. The van der Waals surface area contributed by atoms with E-state index in [0.29, 0.717) is 6.42 Å². The van der Waals surface area contributed by atoms with E-state index in [2.05, 4.69) is 0 Å². The van der Waals surface area contributed by atoms with Crippen molar-refractivity contribution < 1.29 is 14.3 Å². The van der Waals surface area contributed by atoms with Crippen molar-refractivity contribution in [2.24, 2.45) is 0 Å². The van der Waals surface area contributed by atoms with E-state index in [0.717, 1.165) is 6.42 Å². The Morgan fingerprint density at radius 3 is 3.15 bits per heavy atom. The van der Waals surface area contributed by atoms with Gasteiger partial charge in [-0.05, 0) is 13.0 Å². The zero-order valence-electron chi connectivity index (χ0n) is 7.53. The van der Waals surface area contributed by atoms with E-state index in [1.807, 2.05) is 0 Å². The van der Waals surface area contributed by atoms with Crippen molar-refractivity contribution in [3.05, 3.63) is 24.3 Å². The lowest BCUT2D eigenvalue weighted by Gasteiger charge is -2.16. The van der Waals surface area contributed by atoms with Gasteiger partial charge in [-0.3, -0.25) is 4.79 Å². The number of ketones is 1. The highest BCUT2D eigenvalue weighted by Crippen LogP contribution is 2.11. The van der Waals surface area contributed by atoms with Gasteiger partial charge in [0, 0.05) is 18.9 Å². The van der Waals surface area contributed by atoms with Gasteiger partial charge in [0.25, 0.3) is 0 Å². The third-order valence-electron chi connectivity index (χ3n) is 1.69. The molecule has 0 saturated carbocycles. The van der Waals surface area contributed by atoms with Gasteiger partial charge in [-0.2, -0.15) is 0 Å². The fraction of sp³-hybridized carbons (Fsp3) is 0.400. The summed E-state index contributed by atoms with van der Waals surface area (Å²) >= 11 is 0. The molecule has 0 aromatic carbocycles. The number of cyclic esters (lactones) is 1. The molecule has 70 valence electrons. The van der Waals surface area contributed by atoms with Gasteiger partial charge < -0.3 is 4.74 Å². The van der Waals surface area contributed by atoms with Crippen LogP contribution in [0.15, 0.2) is 24.3 Å². The predicted octanol–water partition coefficient (Wildman–Crippen LogP) is 1.39. The molecule has 1 aliphatic heterocycles. The molecule has 0 aromatic rings. The highest BCUT2D eigenvalue weighted by Gasteiger charge is 2.13. The third kappa shape index (κ3) is 3.69. The Kier molecular flexibility index (Phi) is 3.43. The minimum absolute atomic E-state index is 0.0117. The van der Waals surface area contributed by atoms with Crippen molar-refractivity contribution in [1.29, 1.82) is 0 Å². The van der Waals surface area contributed by atoms with E-state index in [4.69, 9.17) is 4.74 Å². The van der Waals surface area contributed by atoms with Gasteiger partial charge in [-0.25, -0.2) is 4.79 Å². The SMILES string of the molecule is CC(=O)/C=C/CC1CC=CC(=O)O1. The van der Waals surface area contributed by atoms with E-state index in [9.17, 15) is 9.59 Å². The summed E-state index contributed by atoms with van der Waals surface area (Å²) in [5, 5.41) is 0. The standard InChI is InChI=1S/C10H12O3/c1-8(11)4-2-5-9-6-3-7-10(12)13-9/h2-4,7,9H,5-6H2,1H3/b4-2+. The van der Waals surface area contributed by atoms with Crippen molar-refractivity contribution >= 4 is 11.8 Å². The molecule has 1 atom stereocenters. The zero-order chi connectivity index (χ0) is 9.68. The first kappa shape index (κ1) is 9.71. The minimum atomic E-state index is -0.299. The molecule has 1 heterocycles. The molecule has 1 unspecified atom stereocenters. The summed E-state index contributed by atoms with van der Waals surface area (Å²) in [6.07, 6.45) is 7.67. The average molecular weight is 180 g/mol. The van der Waals surface area contributed by atoms with Gasteiger partial charge in [0.1, 0.15) is 6.10 Å². The van der Waals surface area contributed by atoms with Gasteiger partial charge in [0.05, 0.1) is 0 Å². The van der Waals surface area contributed by atoms with Gasteiger partial charge in [0.2, 0.25) is 0 Å². The number of hydrogen-bond donors (Lipinski definition) is 0. The fourth-order valence-electron chi connectivity index (χ4n) is 1.10. The van der Waals surface area contributed by atoms with Crippen LogP contribution >= 0.6 is 0 Å². The molecule has 0 bridgehead atoms. The number of allylic oxidation sites excluding steroid dienone is 1. The van der Waals surface area contributed by atoms with Crippen molar-refractivity contribution in [2.45, 2.75) is 25.9 Å². The second kappa shape index (κ2) is 4.60. The van der Waals surface area contributed by atoms with Gasteiger partial charge in [0.15, 0.2) is 5.78 Å². The summed E-state index contributed by atoms with van der Waals surface area (Å²) in [6, 6.07) is 0. The van der Waals surface area contributed by atoms with E-state index < -0.39 is 0 Å². The van der Waals surface area contributed by atoms with Crippen molar-refractivity contribution in [2.75, 3.05) is 0 Å². The molecule has 0 amide bonds. The summed E-state index contributed by atoms with van der Waals surface area (Å²) in [7, 11) is 0. The molecule has 0 spiro atoms. The normalized spacial score (nSPS) is 21.9. The lowest BCUT2D eigenvalue weighted by molar-refractivity contribution is -0.143. The Balaban J connectivity index is 2.34. The highest BCUT2D eigenvalue weighted by atomic mass is 16.5. The number of rotatable bonds is 3. The molecular weight excluding hydrogens is 168 g/mol. The van der Waals surface area contributed by atoms with Gasteiger partial charge in [-0.1, -0.05) is 12.2 Å². The number of esters is 1. The maximum absolute atomic E-state index is 10.8. The average Bonchev–Trinajstić information content (AvgIpc) is 2.03. The molecule has 13 heavy (non-hydrogen) atoms. The topological polar surface area (TPSA) is 43.4 Å². The number of carbonyl (C=O) groups is 2. The summed E-state index contributed by atoms with van der Waals surface area (Å²) in [6.45, 7) is 1.49. The zero-order valence-corrected chi connectivity index (χ0v) is 7.53. The molecule has 0 fully saturated rings. The maximum atomic E-state index is 10.8. The Morgan fingerprint density at radius 1 is 1.77 bits per heavy atom. The minimum Gasteiger partial charge on any atom is -0.459 e. The summed E-state index contributed by atoms with van der Waals surface area (Å²) in [5.41, 5.74) is 0. The van der Waals surface area contributed by atoms with Crippen molar-refractivity contribution in [3.8, 4) is 0 Å². The van der Waals surface area contributed by atoms with E-state index in [1.54, 1.807) is 12.2 Å². The van der Waals surface area contributed by atoms with Gasteiger partial charge in [-0.15, -0.1) is 0 Å². The summed E-state index contributed by atoms with van der Waals surface area (Å²) in [5.74, 6) is -0.287. The van der Waals surface area contributed by atoms with Crippen molar-refractivity contribution in [3.63, 3.8) is 0 Å². The van der Waals surface area contributed by atoms with E-state index >= 15 is 0 Å². The van der Waals surface area contributed by atoms with Crippen LogP contribution < -0.4 is 0 Å². The Morgan fingerprint density at radius 2 is 2.54 bits per heavy atom. The highest BCUT2D eigenvalue weighted by molar-refractivity contribution is 5.87. The van der Waals surface area contributed by atoms with Gasteiger partial charge >= 0.3 is 5.97 Å². The Labute approximate surface area is 77.1 Å². The van der Waals surface area contributed by atoms with Crippen LogP contribution in [0.2, 0.25) is 0 Å². The monoisotopic (exact) mass is 180 g/mol. The van der Waals surface area contributed by atoms with Crippen LogP contribution in [0.1, 0.15) is 19.8 Å². The van der Waals surface area contributed by atoms with E-state index in [-0.39, 0.29) is 17.9 Å². The van der Waals surface area contributed by atoms with Crippen LogP contribution in [0.3, 0.4) is 0 Å². The van der Waals surface area contributed by atoms with Crippen molar-refractivity contribution in [1.82, 2.24) is 0 Å². The molecule has 0 aliphatic carbocycles. The lowest BCUT2D eigenvalue weighted by Crippen LogP contribution is -2.18. The van der Waals surface area contributed by atoms with Crippen LogP contribution in [0.5, 0.6) is 0 Å². The Hall–Kier alpha value is -1.38. The molecule has 0 aromatic heterocycles. The predicted molar refractivity (Wildman–Crippen MR) is 48.1 cm³/mol. The fourth-order valence-corrected chi connectivity index (χ4v) is 1.10.